The van der Waals surface area contributed by atoms with Crippen molar-refractivity contribution in [3.63, 3.8) is 0 Å². The number of benzene rings is 2. The molecule has 5 rings (SSSR count). The minimum Gasteiger partial charge on any atom is -0.353 e. The third-order valence-corrected chi connectivity index (χ3v) is 11.2. The molecule has 1 aliphatic rings. The Kier molecular flexibility index (Phi) is 9.25. The Hall–Kier alpha value is -3.60. The van der Waals surface area contributed by atoms with Gasteiger partial charge in [-0.25, -0.2) is 45.0 Å². The molecule has 2 N–H and O–H groups in total. The van der Waals surface area contributed by atoms with E-state index in [-0.39, 0.29) is 17.4 Å². The summed E-state index contributed by atoms with van der Waals surface area (Å²) in [6.45, 7) is 5.95. The summed E-state index contributed by atoms with van der Waals surface area (Å²) in [5, 5.41) is 3.91. The van der Waals surface area contributed by atoms with E-state index in [1.807, 2.05) is 18.6 Å². The van der Waals surface area contributed by atoms with E-state index in [9.17, 15) is 30.0 Å². The van der Waals surface area contributed by atoms with Crippen molar-refractivity contribution in [3.8, 4) is 21.8 Å². The second-order valence-electron chi connectivity index (χ2n) is 10.4. The Labute approximate surface area is 257 Å². The molecule has 234 valence electrons. The standard InChI is InChI=1S/C28H29F3N6O4S3/c1-17(2)27-35-24(18-6-7-19(29)23(16-18)36-44(40,41)26-20(30)4-3-5-21(26)31)25(42-27)22-8-9-32-28(34-22)33-10-11-37-12-14-43(38,39)15-13-37/h3-9,16-17,36H,10-15H2,1-2H3,(H,32,33,34). The van der Waals surface area contributed by atoms with Crippen molar-refractivity contribution in [2.24, 2.45) is 0 Å². The first-order chi connectivity index (χ1) is 20.8. The van der Waals surface area contributed by atoms with Crippen LogP contribution in [0.4, 0.5) is 24.8 Å². The minimum absolute atomic E-state index is 0.0303. The number of nitrogens with one attached hydrogen (secondary N) is 2. The fourth-order valence-electron chi connectivity index (χ4n) is 4.51. The molecule has 1 saturated heterocycles. The number of sulfone groups is 1. The molecule has 10 nitrogen and oxygen atoms in total. The van der Waals surface area contributed by atoms with E-state index in [1.54, 1.807) is 12.3 Å². The van der Waals surface area contributed by atoms with Crippen LogP contribution in [-0.4, -0.2) is 74.4 Å². The predicted molar refractivity (Wildman–Crippen MR) is 163 cm³/mol. The number of thiazole rings is 1. The molecule has 0 saturated carbocycles. The van der Waals surface area contributed by atoms with E-state index in [4.69, 9.17) is 4.98 Å². The van der Waals surface area contributed by atoms with E-state index in [1.165, 1.54) is 23.5 Å². The average Bonchev–Trinajstić information content (AvgIpc) is 3.41. The van der Waals surface area contributed by atoms with Crippen molar-refractivity contribution in [1.82, 2.24) is 19.9 Å². The second kappa shape index (κ2) is 12.8. The highest BCUT2D eigenvalue weighted by molar-refractivity contribution is 7.92. The highest BCUT2D eigenvalue weighted by Crippen LogP contribution is 2.39. The topological polar surface area (TPSA) is 134 Å². The zero-order valence-electron chi connectivity index (χ0n) is 23.7. The van der Waals surface area contributed by atoms with E-state index in [2.05, 4.69) is 20.2 Å². The minimum atomic E-state index is -4.82. The lowest BCUT2D eigenvalue weighted by Crippen LogP contribution is -2.42. The van der Waals surface area contributed by atoms with Crippen molar-refractivity contribution in [1.29, 1.82) is 0 Å². The molecular weight excluding hydrogens is 638 g/mol. The molecule has 0 aliphatic carbocycles. The van der Waals surface area contributed by atoms with Crippen LogP contribution in [0, 0.1) is 17.5 Å². The molecule has 0 unspecified atom stereocenters. The fraction of sp³-hybridized carbons (Fsp3) is 0.321. The maximum Gasteiger partial charge on any atom is 0.267 e. The van der Waals surface area contributed by atoms with Gasteiger partial charge in [-0.15, -0.1) is 11.3 Å². The predicted octanol–water partition coefficient (Wildman–Crippen LogP) is 4.75. The maximum absolute atomic E-state index is 14.8. The Morgan fingerprint density at radius 2 is 1.70 bits per heavy atom. The average molecular weight is 667 g/mol. The molecule has 1 fully saturated rings. The lowest BCUT2D eigenvalue weighted by Gasteiger charge is -2.26. The van der Waals surface area contributed by atoms with Gasteiger partial charge in [0.1, 0.15) is 17.5 Å². The van der Waals surface area contributed by atoms with Gasteiger partial charge in [-0.2, -0.15) is 0 Å². The van der Waals surface area contributed by atoms with E-state index >= 15 is 0 Å². The van der Waals surface area contributed by atoms with Crippen LogP contribution >= 0.6 is 11.3 Å². The molecule has 0 radical (unpaired) electrons. The molecule has 4 aromatic rings. The van der Waals surface area contributed by atoms with Crippen LogP contribution in [0.25, 0.3) is 21.8 Å². The number of halogens is 3. The number of nitrogens with zero attached hydrogens (tertiary/aromatic N) is 4. The van der Waals surface area contributed by atoms with E-state index in [0.29, 0.717) is 54.0 Å². The summed E-state index contributed by atoms with van der Waals surface area (Å²) in [7, 11) is -7.78. The van der Waals surface area contributed by atoms with Gasteiger partial charge in [-0.3, -0.25) is 9.62 Å². The van der Waals surface area contributed by atoms with Gasteiger partial charge in [-0.05, 0) is 36.4 Å². The zero-order valence-corrected chi connectivity index (χ0v) is 26.2. The SMILES string of the molecule is CC(C)c1nc(-c2ccc(F)c(NS(=O)(=O)c3c(F)cccc3F)c2)c(-c2ccnc(NCCN3CCS(=O)(=O)CC3)n2)s1. The summed E-state index contributed by atoms with van der Waals surface area (Å²) in [5.74, 6) is -2.92. The monoisotopic (exact) mass is 666 g/mol. The van der Waals surface area contributed by atoms with Gasteiger partial charge in [0, 0.05) is 43.9 Å². The summed E-state index contributed by atoms with van der Waals surface area (Å²) in [4.78, 5) is 15.1. The summed E-state index contributed by atoms with van der Waals surface area (Å²) >= 11 is 1.37. The van der Waals surface area contributed by atoms with Crippen molar-refractivity contribution >= 4 is 42.8 Å². The molecule has 0 atom stereocenters. The first-order valence-electron chi connectivity index (χ1n) is 13.6. The zero-order chi connectivity index (χ0) is 31.6. The number of aromatic nitrogens is 3. The molecule has 2 aromatic carbocycles. The second-order valence-corrected chi connectivity index (χ2v) is 15.4. The van der Waals surface area contributed by atoms with E-state index < -0.39 is 47.9 Å². The third kappa shape index (κ3) is 7.20. The van der Waals surface area contributed by atoms with Crippen LogP contribution in [0.5, 0.6) is 0 Å². The molecule has 44 heavy (non-hydrogen) atoms. The van der Waals surface area contributed by atoms with Crippen LogP contribution in [0.15, 0.2) is 53.6 Å². The van der Waals surface area contributed by atoms with Crippen LogP contribution in [0.1, 0.15) is 24.8 Å². The lowest BCUT2D eigenvalue weighted by molar-refractivity contribution is 0.307. The number of anilines is 2. The van der Waals surface area contributed by atoms with Crippen LogP contribution in [0.3, 0.4) is 0 Å². The van der Waals surface area contributed by atoms with Gasteiger partial charge in [-0.1, -0.05) is 19.9 Å². The quantitative estimate of drug-likeness (QED) is 0.246. The molecule has 1 aliphatic heterocycles. The molecule has 3 heterocycles. The third-order valence-electron chi connectivity index (χ3n) is 6.85. The van der Waals surface area contributed by atoms with Crippen molar-refractivity contribution in [3.05, 3.63) is 71.1 Å². The van der Waals surface area contributed by atoms with Crippen molar-refractivity contribution in [2.75, 3.05) is 47.7 Å². The summed E-state index contributed by atoms with van der Waals surface area (Å²) < 4.78 is 94.3. The first kappa shape index (κ1) is 31.8. The van der Waals surface area contributed by atoms with Gasteiger partial charge in [0.15, 0.2) is 14.7 Å². The number of sulfonamides is 1. The van der Waals surface area contributed by atoms with Gasteiger partial charge in [0.05, 0.1) is 38.5 Å². The van der Waals surface area contributed by atoms with Crippen molar-refractivity contribution < 1.29 is 30.0 Å². The highest BCUT2D eigenvalue weighted by Gasteiger charge is 2.26. The van der Waals surface area contributed by atoms with Crippen LogP contribution < -0.4 is 10.0 Å². The molecule has 0 amide bonds. The van der Waals surface area contributed by atoms with Gasteiger partial charge in [0.2, 0.25) is 5.95 Å². The van der Waals surface area contributed by atoms with Crippen LogP contribution in [-0.2, 0) is 19.9 Å². The Balaban J connectivity index is 1.42. The summed E-state index contributed by atoms with van der Waals surface area (Å²) in [6, 6.07) is 8.00. The maximum atomic E-state index is 14.8. The van der Waals surface area contributed by atoms with Gasteiger partial charge in [0.25, 0.3) is 10.0 Å². The smallest absolute Gasteiger partial charge is 0.267 e. The number of hydrogen-bond acceptors (Lipinski definition) is 10. The molecule has 0 spiro atoms. The molecule has 2 aromatic heterocycles. The molecular formula is C28H29F3N6O4S3. The largest absolute Gasteiger partial charge is 0.353 e. The molecule has 0 bridgehead atoms. The van der Waals surface area contributed by atoms with Crippen molar-refractivity contribution in [2.45, 2.75) is 24.7 Å². The Bertz CT molecular complexity index is 1870. The summed E-state index contributed by atoms with van der Waals surface area (Å²) in [5.41, 5.74) is 0.774. The number of rotatable bonds is 10. The normalized spacial score (nSPS) is 15.4. The fourth-order valence-corrected chi connectivity index (χ4v) is 8.04. The Morgan fingerprint density at radius 3 is 2.39 bits per heavy atom. The number of hydrogen-bond donors (Lipinski definition) is 2. The Morgan fingerprint density at radius 1 is 1.00 bits per heavy atom. The lowest BCUT2D eigenvalue weighted by atomic mass is 10.1. The summed E-state index contributed by atoms with van der Waals surface area (Å²) in [6.07, 6.45) is 1.57. The molecule has 16 heteroatoms. The van der Waals surface area contributed by atoms with E-state index in [0.717, 1.165) is 29.3 Å². The van der Waals surface area contributed by atoms with Gasteiger partial charge >= 0.3 is 0 Å². The van der Waals surface area contributed by atoms with Crippen LogP contribution in [0.2, 0.25) is 0 Å². The van der Waals surface area contributed by atoms with Gasteiger partial charge < -0.3 is 5.32 Å². The first-order valence-corrected chi connectivity index (χ1v) is 17.7. The highest BCUT2D eigenvalue weighted by atomic mass is 32.2.